The lowest BCUT2D eigenvalue weighted by Gasteiger charge is -2.34. The molecule has 0 aliphatic heterocycles. The summed E-state index contributed by atoms with van der Waals surface area (Å²) < 4.78 is 28.9. The molecule has 0 aromatic heterocycles. The van der Waals surface area contributed by atoms with Gasteiger partial charge in [-0.1, -0.05) is 95.5 Å². The average Bonchev–Trinajstić information content (AvgIpc) is 3.00. The highest BCUT2D eigenvalue weighted by Crippen LogP contribution is 2.28. The van der Waals surface area contributed by atoms with Crippen molar-refractivity contribution in [3.63, 3.8) is 0 Å². The number of anilines is 1. The summed E-state index contributed by atoms with van der Waals surface area (Å²) in [6, 6.07) is 27.3. The first-order chi connectivity index (χ1) is 20.6. The van der Waals surface area contributed by atoms with Crippen LogP contribution >= 0.6 is 34.8 Å². The minimum atomic E-state index is -4.21. The number of benzene rings is 4. The van der Waals surface area contributed by atoms with Crippen molar-refractivity contribution in [1.82, 2.24) is 10.2 Å². The number of carbonyl (C=O) groups is 2. The molecule has 224 valence electrons. The Balaban J connectivity index is 1.80. The monoisotopic (exact) mass is 657 g/mol. The predicted molar refractivity (Wildman–Crippen MR) is 172 cm³/mol. The number of nitrogens with zero attached hydrogens (tertiary/aromatic N) is 2. The fraction of sp³-hybridized carbons (Fsp3) is 0.188. The largest absolute Gasteiger partial charge is 0.355 e. The molecule has 0 saturated heterocycles. The molecule has 0 bridgehead atoms. The van der Waals surface area contributed by atoms with Crippen LogP contribution in [0.15, 0.2) is 108 Å². The molecule has 4 aromatic rings. The normalized spacial score (nSPS) is 11.9. The molecule has 7 nitrogen and oxygen atoms in total. The van der Waals surface area contributed by atoms with E-state index in [-0.39, 0.29) is 34.5 Å². The van der Waals surface area contributed by atoms with Crippen molar-refractivity contribution in [2.45, 2.75) is 30.8 Å². The molecule has 4 rings (SSSR count). The SMILES string of the molecule is CCNC(=O)C(Cc1ccccc1)N(Cc1ccc(Cl)c(Cl)c1)C(=O)CN(c1cccc(Cl)c1)S(=O)(=O)c1ccccc1. The predicted octanol–water partition coefficient (Wildman–Crippen LogP) is 6.62. The van der Waals surface area contributed by atoms with Crippen LogP contribution in [0.4, 0.5) is 5.69 Å². The summed E-state index contributed by atoms with van der Waals surface area (Å²) in [5.74, 6) is -0.974. The van der Waals surface area contributed by atoms with Gasteiger partial charge < -0.3 is 10.2 Å². The number of sulfonamides is 1. The maximum atomic E-state index is 14.3. The highest BCUT2D eigenvalue weighted by Gasteiger charge is 2.34. The zero-order valence-corrected chi connectivity index (χ0v) is 26.4. The van der Waals surface area contributed by atoms with E-state index in [9.17, 15) is 18.0 Å². The number of hydrogen-bond acceptors (Lipinski definition) is 4. The van der Waals surface area contributed by atoms with Crippen molar-refractivity contribution < 1.29 is 18.0 Å². The molecule has 0 spiro atoms. The first kappa shape index (κ1) is 32.4. The molecule has 43 heavy (non-hydrogen) atoms. The summed E-state index contributed by atoms with van der Waals surface area (Å²) in [6.07, 6.45) is 0.197. The van der Waals surface area contributed by atoms with Gasteiger partial charge in [0.15, 0.2) is 0 Å². The van der Waals surface area contributed by atoms with Gasteiger partial charge in [-0.25, -0.2) is 8.42 Å². The smallest absolute Gasteiger partial charge is 0.264 e. The van der Waals surface area contributed by atoms with Crippen molar-refractivity contribution in [3.8, 4) is 0 Å². The van der Waals surface area contributed by atoms with Gasteiger partial charge in [0.2, 0.25) is 11.8 Å². The lowest BCUT2D eigenvalue weighted by Crippen LogP contribution is -2.53. The van der Waals surface area contributed by atoms with Crippen LogP contribution in [-0.2, 0) is 32.6 Å². The van der Waals surface area contributed by atoms with Gasteiger partial charge >= 0.3 is 0 Å². The van der Waals surface area contributed by atoms with Gasteiger partial charge in [-0.15, -0.1) is 0 Å². The van der Waals surface area contributed by atoms with Crippen molar-refractivity contribution in [1.29, 1.82) is 0 Å². The first-order valence-corrected chi connectivity index (χ1v) is 16.1. The van der Waals surface area contributed by atoms with E-state index in [4.69, 9.17) is 34.8 Å². The van der Waals surface area contributed by atoms with E-state index in [1.807, 2.05) is 30.3 Å². The molecular weight excluding hydrogens is 629 g/mol. The first-order valence-electron chi connectivity index (χ1n) is 13.5. The van der Waals surface area contributed by atoms with Crippen LogP contribution in [0.5, 0.6) is 0 Å². The standard InChI is InChI=1S/C32H30Cl3N3O4S/c1-2-36-32(40)30(19-23-10-5-3-6-11-23)37(21-24-16-17-28(34)29(35)18-24)31(39)22-38(26-13-9-12-25(33)20-26)43(41,42)27-14-7-4-8-15-27/h3-18,20,30H,2,19,21-22H2,1H3,(H,36,40). The van der Waals surface area contributed by atoms with Gasteiger partial charge in [0.1, 0.15) is 12.6 Å². The number of halogens is 3. The molecular formula is C32H30Cl3N3O4S. The highest BCUT2D eigenvalue weighted by molar-refractivity contribution is 7.92. The van der Waals surface area contributed by atoms with Crippen LogP contribution in [-0.4, -0.2) is 44.3 Å². The molecule has 0 heterocycles. The van der Waals surface area contributed by atoms with E-state index in [1.165, 1.54) is 23.1 Å². The van der Waals surface area contributed by atoms with Gasteiger partial charge in [0.25, 0.3) is 10.0 Å². The summed E-state index contributed by atoms with van der Waals surface area (Å²) in [5, 5.41) is 3.76. The maximum Gasteiger partial charge on any atom is 0.264 e. The molecule has 1 N–H and O–H groups in total. The van der Waals surface area contributed by atoms with Crippen LogP contribution < -0.4 is 9.62 Å². The van der Waals surface area contributed by atoms with Crippen molar-refractivity contribution in [2.75, 3.05) is 17.4 Å². The van der Waals surface area contributed by atoms with Crippen LogP contribution in [0.1, 0.15) is 18.1 Å². The Morgan fingerprint density at radius 3 is 2.09 bits per heavy atom. The number of hydrogen-bond donors (Lipinski definition) is 1. The highest BCUT2D eigenvalue weighted by atomic mass is 35.5. The fourth-order valence-electron chi connectivity index (χ4n) is 4.56. The minimum absolute atomic E-state index is 0.00312. The lowest BCUT2D eigenvalue weighted by molar-refractivity contribution is -0.140. The van der Waals surface area contributed by atoms with E-state index < -0.39 is 28.5 Å². The van der Waals surface area contributed by atoms with Gasteiger partial charge in [0, 0.05) is 24.5 Å². The molecule has 0 radical (unpaired) electrons. The molecule has 2 amide bonds. The van der Waals surface area contributed by atoms with E-state index in [1.54, 1.807) is 61.5 Å². The zero-order chi connectivity index (χ0) is 31.0. The Kier molecular flexibility index (Phi) is 11.1. The third kappa shape index (κ3) is 8.30. The van der Waals surface area contributed by atoms with Crippen LogP contribution in [0.25, 0.3) is 0 Å². The zero-order valence-electron chi connectivity index (χ0n) is 23.3. The fourth-order valence-corrected chi connectivity index (χ4v) is 6.49. The van der Waals surface area contributed by atoms with Gasteiger partial charge in [0.05, 0.1) is 20.6 Å². The van der Waals surface area contributed by atoms with E-state index in [0.29, 0.717) is 22.2 Å². The second-order valence-electron chi connectivity index (χ2n) is 9.67. The molecule has 0 saturated carbocycles. The van der Waals surface area contributed by atoms with Gasteiger partial charge in [-0.3, -0.25) is 13.9 Å². The number of nitrogens with one attached hydrogen (secondary N) is 1. The number of likely N-dealkylation sites (N-methyl/N-ethyl adjacent to an activating group) is 1. The Hall–Kier alpha value is -3.56. The van der Waals surface area contributed by atoms with Crippen molar-refractivity contribution in [3.05, 3.63) is 129 Å². The Morgan fingerprint density at radius 2 is 1.47 bits per heavy atom. The number of rotatable bonds is 12. The summed E-state index contributed by atoms with van der Waals surface area (Å²) in [6.45, 7) is 1.51. The lowest BCUT2D eigenvalue weighted by atomic mass is 10.0. The molecule has 4 aromatic carbocycles. The molecule has 0 aliphatic rings. The second-order valence-corrected chi connectivity index (χ2v) is 12.8. The quantitative estimate of drug-likeness (QED) is 0.185. The van der Waals surface area contributed by atoms with Crippen LogP contribution in [0.2, 0.25) is 15.1 Å². The van der Waals surface area contributed by atoms with Crippen LogP contribution in [0, 0.1) is 0 Å². The Morgan fingerprint density at radius 1 is 0.791 bits per heavy atom. The summed E-state index contributed by atoms with van der Waals surface area (Å²) in [4.78, 5) is 29.2. The number of amides is 2. The summed E-state index contributed by atoms with van der Waals surface area (Å²) in [5.41, 5.74) is 1.65. The molecule has 0 aliphatic carbocycles. The van der Waals surface area contributed by atoms with Gasteiger partial charge in [-0.05, 0) is 60.5 Å². The van der Waals surface area contributed by atoms with E-state index in [2.05, 4.69) is 5.32 Å². The van der Waals surface area contributed by atoms with Crippen molar-refractivity contribution >= 4 is 62.3 Å². The molecule has 1 atom stereocenters. The van der Waals surface area contributed by atoms with Gasteiger partial charge in [-0.2, -0.15) is 0 Å². The summed E-state index contributed by atoms with van der Waals surface area (Å²) >= 11 is 18.7. The second kappa shape index (κ2) is 14.8. The molecule has 0 fully saturated rings. The maximum absolute atomic E-state index is 14.3. The molecule has 11 heteroatoms. The van der Waals surface area contributed by atoms with Crippen molar-refractivity contribution in [2.24, 2.45) is 0 Å². The molecule has 1 unspecified atom stereocenters. The van der Waals surface area contributed by atoms with E-state index >= 15 is 0 Å². The third-order valence-corrected chi connectivity index (χ3v) is 9.43. The Bertz CT molecular complexity index is 1670. The average molecular weight is 659 g/mol. The minimum Gasteiger partial charge on any atom is -0.355 e. The number of carbonyl (C=O) groups excluding carboxylic acids is 2. The third-order valence-electron chi connectivity index (χ3n) is 6.67. The van der Waals surface area contributed by atoms with Crippen LogP contribution in [0.3, 0.4) is 0 Å². The summed E-state index contributed by atoms with van der Waals surface area (Å²) in [7, 11) is -4.21. The topological polar surface area (TPSA) is 86.8 Å². The Labute approximate surface area is 267 Å². The van der Waals surface area contributed by atoms with E-state index in [0.717, 1.165) is 9.87 Å².